The molecule has 1 aliphatic rings. The zero-order chi connectivity index (χ0) is 17.1. The standard InChI is InChI=1S/C15H16F3N3O2/c16-15(17,18)11-2-1-10(8-19)7-12(11)21-9-14(13(20)22)3-5-23-6-4-14/h1-2,7,21H,3-6,9H2,(H2,20,22). The lowest BCUT2D eigenvalue weighted by Gasteiger charge is -2.34. The first-order chi connectivity index (χ1) is 10.8. The number of nitrogens with zero attached hydrogens (tertiary/aromatic N) is 1. The molecule has 23 heavy (non-hydrogen) atoms. The first-order valence-corrected chi connectivity index (χ1v) is 7.01. The van der Waals surface area contributed by atoms with E-state index in [0.29, 0.717) is 26.1 Å². The van der Waals surface area contributed by atoms with Crippen LogP contribution in [0.5, 0.6) is 0 Å². The van der Waals surface area contributed by atoms with Crippen molar-refractivity contribution in [2.75, 3.05) is 25.1 Å². The molecule has 1 heterocycles. The smallest absolute Gasteiger partial charge is 0.383 e. The van der Waals surface area contributed by atoms with Gasteiger partial charge in [0.2, 0.25) is 5.91 Å². The minimum Gasteiger partial charge on any atom is -0.383 e. The van der Waals surface area contributed by atoms with Crippen molar-refractivity contribution in [1.82, 2.24) is 0 Å². The van der Waals surface area contributed by atoms with Crippen molar-refractivity contribution in [2.45, 2.75) is 19.0 Å². The highest BCUT2D eigenvalue weighted by molar-refractivity contribution is 5.81. The molecule has 0 saturated carbocycles. The summed E-state index contributed by atoms with van der Waals surface area (Å²) in [5, 5.41) is 11.5. The van der Waals surface area contributed by atoms with Gasteiger partial charge >= 0.3 is 6.18 Å². The molecular weight excluding hydrogens is 311 g/mol. The fourth-order valence-corrected chi connectivity index (χ4v) is 2.54. The van der Waals surface area contributed by atoms with E-state index in [1.165, 1.54) is 0 Å². The Morgan fingerprint density at radius 3 is 2.57 bits per heavy atom. The molecule has 124 valence electrons. The summed E-state index contributed by atoms with van der Waals surface area (Å²) >= 11 is 0. The second kappa shape index (κ2) is 6.46. The minimum absolute atomic E-state index is 0.0380. The third kappa shape index (κ3) is 3.74. The van der Waals surface area contributed by atoms with Crippen LogP contribution in [0.15, 0.2) is 18.2 Å². The molecule has 1 aromatic rings. The zero-order valence-corrected chi connectivity index (χ0v) is 12.2. The summed E-state index contributed by atoms with van der Waals surface area (Å²) in [6, 6.07) is 4.87. The van der Waals surface area contributed by atoms with Crippen molar-refractivity contribution in [2.24, 2.45) is 11.1 Å². The van der Waals surface area contributed by atoms with E-state index < -0.39 is 23.1 Å². The van der Waals surface area contributed by atoms with Gasteiger partial charge < -0.3 is 15.8 Å². The number of anilines is 1. The number of carbonyl (C=O) groups is 1. The lowest BCUT2D eigenvalue weighted by atomic mass is 9.79. The van der Waals surface area contributed by atoms with Crippen LogP contribution in [0.4, 0.5) is 18.9 Å². The molecule has 1 aromatic carbocycles. The topological polar surface area (TPSA) is 88.1 Å². The number of ether oxygens (including phenoxy) is 1. The lowest BCUT2D eigenvalue weighted by Crippen LogP contribution is -2.46. The van der Waals surface area contributed by atoms with Crippen LogP contribution in [0.2, 0.25) is 0 Å². The molecule has 0 aromatic heterocycles. The SMILES string of the molecule is N#Cc1ccc(C(F)(F)F)c(NCC2(C(N)=O)CCOCC2)c1. The second-order valence-corrected chi connectivity index (χ2v) is 5.48. The van der Waals surface area contributed by atoms with Crippen LogP contribution in [-0.4, -0.2) is 25.7 Å². The van der Waals surface area contributed by atoms with Crippen molar-refractivity contribution in [1.29, 1.82) is 5.26 Å². The predicted octanol–water partition coefficient (Wildman–Crippen LogP) is 2.27. The molecule has 0 radical (unpaired) electrons. The van der Waals surface area contributed by atoms with E-state index in [1.807, 2.05) is 0 Å². The van der Waals surface area contributed by atoms with Gasteiger partial charge in [0.15, 0.2) is 0 Å². The molecule has 1 amide bonds. The van der Waals surface area contributed by atoms with Gasteiger partial charge in [0.05, 0.1) is 22.6 Å². The Balaban J connectivity index is 2.28. The maximum atomic E-state index is 13.1. The number of primary amides is 1. The maximum Gasteiger partial charge on any atom is 0.418 e. The largest absolute Gasteiger partial charge is 0.418 e. The van der Waals surface area contributed by atoms with Crippen LogP contribution in [0, 0.1) is 16.7 Å². The highest BCUT2D eigenvalue weighted by Gasteiger charge is 2.39. The van der Waals surface area contributed by atoms with Gasteiger partial charge in [-0.05, 0) is 31.0 Å². The summed E-state index contributed by atoms with van der Waals surface area (Å²) in [6.45, 7) is 0.619. The van der Waals surface area contributed by atoms with Crippen molar-refractivity contribution < 1.29 is 22.7 Å². The maximum absolute atomic E-state index is 13.1. The molecule has 1 aliphatic heterocycles. The molecule has 0 atom stereocenters. The van der Waals surface area contributed by atoms with E-state index in [1.54, 1.807) is 6.07 Å². The number of amides is 1. The Bertz CT molecular complexity index is 632. The van der Waals surface area contributed by atoms with Crippen LogP contribution in [-0.2, 0) is 15.7 Å². The van der Waals surface area contributed by atoms with Gasteiger partial charge in [-0.3, -0.25) is 4.79 Å². The van der Waals surface area contributed by atoms with Crippen LogP contribution < -0.4 is 11.1 Å². The number of benzene rings is 1. The van der Waals surface area contributed by atoms with Gasteiger partial charge in [0.25, 0.3) is 0 Å². The van der Waals surface area contributed by atoms with Gasteiger partial charge in [-0.15, -0.1) is 0 Å². The fraction of sp³-hybridized carbons (Fsp3) is 0.467. The molecule has 5 nitrogen and oxygen atoms in total. The van der Waals surface area contributed by atoms with Crippen LogP contribution >= 0.6 is 0 Å². The summed E-state index contributed by atoms with van der Waals surface area (Å²) in [7, 11) is 0. The Morgan fingerprint density at radius 2 is 2.04 bits per heavy atom. The van der Waals surface area contributed by atoms with Gasteiger partial charge in [-0.2, -0.15) is 18.4 Å². The van der Waals surface area contributed by atoms with Crippen molar-refractivity contribution in [3.8, 4) is 6.07 Å². The number of nitrogens with two attached hydrogens (primary N) is 1. The summed E-state index contributed by atoms with van der Waals surface area (Å²) in [4.78, 5) is 11.8. The Morgan fingerprint density at radius 1 is 1.39 bits per heavy atom. The molecule has 0 aliphatic carbocycles. The Hall–Kier alpha value is -2.27. The van der Waals surface area contributed by atoms with Crippen molar-refractivity contribution >= 4 is 11.6 Å². The van der Waals surface area contributed by atoms with E-state index in [2.05, 4.69) is 5.32 Å². The number of rotatable bonds is 4. The number of alkyl halides is 3. The fourth-order valence-electron chi connectivity index (χ4n) is 2.54. The normalized spacial score (nSPS) is 17.3. The summed E-state index contributed by atoms with van der Waals surface area (Å²) in [6.07, 6.45) is -3.88. The molecule has 0 spiro atoms. The Kier molecular flexibility index (Phi) is 4.80. The van der Waals surface area contributed by atoms with Crippen LogP contribution in [0.3, 0.4) is 0 Å². The number of nitriles is 1. The van der Waals surface area contributed by atoms with Crippen molar-refractivity contribution in [3.05, 3.63) is 29.3 Å². The first kappa shape index (κ1) is 17.1. The average Bonchev–Trinajstić information content (AvgIpc) is 2.52. The number of carbonyl (C=O) groups excluding carboxylic acids is 1. The van der Waals surface area contributed by atoms with Crippen molar-refractivity contribution in [3.63, 3.8) is 0 Å². The highest BCUT2D eigenvalue weighted by atomic mass is 19.4. The summed E-state index contributed by atoms with van der Waals surface area (Å²) in [5.41, 5.74) is 3.46. The van der Waals surface area contributed by atoms with Crippen LogP contribution in [0.25, 0.3) is 0 Å². The molecular formula is C15H16F3N3O2. The molecule has 0 unspecified atom stereocenters. The van der Waals surface area contributed by atoms with E-state index in [0.717, 1.165) is 18.2 Å². The molecule has 2 rings (SSSR count). The monoisotopic (exact) mass is 327 g/mol. The highest BCUT2D eigenvalue weighted by Crippen LogP contribution is 2.37. The van der Waals surface area contributed by atoms with Gasteiger partial charge in [0, 0.05) is 25.4 Å². The Labute approximate surface area is 131 Å². The van der Waals surface area contributed by atoms with Gasteiger partial charge in [0.1, 0.15) is 0 Å². The zero-order valence-electron chi connectivity index (χ0n) is 12.2. The number of halogens is 3. The molecule has 1 fully saturated rings. The third-order valence-corrected chi connectivity index (χ3v) is 4.04. The molecule has 8 heteroatoms. The average molecular weight is 327 g/mol. The summed E-state index contributed by atoms with van der Waals surface area (Å²) < 4.78 is 44.4. The lowest BCUT2D eigenvalue weighted by molar-refractivity contribution is -0.137. The van der Waals surface area contributed by atoms with Gasteiger partial charge in [-0.1, -0.05) is 0 Å². The van der Waals surface area contributed by atoms with Gasteiger partial charge in [-0.25, -0.2) is 0 Å². The third-order valence-electron chi connectivity index (χ3n) is 4.04. The van der Waals surface area contributed by atoms with E-state index in [9.17, 15) is 18.0 Å². The molecule has 0 bridgehead atoms. The van der Waals surface area contributed by atoms with E-state index >= 15 is 0 Å². The number of hydrogen-bond donors (Lipinski definition) is 2. The number of hydrogen-bond acceptors (Lipinski definition) is 4. The number of nitrogens with one attached hydrogen (secondary N) is 1. The predicted molar refractivity (Wildman–Crippen MR) is 76.3 cm³/mol. The quantitative estimate of drug-likeness (QED) is 0.888. The van der Waals surface area contributed by atoms with E-state index in [-0.39, 0.29) is 17.8 Å². The minimum atomic E-state index is -4.56. The summed E-state index contributed by atoms with van der Waals surface area (Å²) in [5.74, 6) is -0.571. The second-order valence-electron chi connectivity index (χ2n) is 5.48. The van der Waals surface area contributed by atoms with Crippen LogP contribution in [0.1, 0.15) is 24.0 Å². The first-order valence-electron chi connectivity index (χ1n) is 7.01. The molecule has 3 N–H and O–H groups in total. The van der Waals surface area contributed by atoms with E-state index in [4.69, 9.17) is 15.7 Å². The molecule has 1 saturated heterocycles.